The molecule has 0 heterocycles. The number of hydrogen-bond donors (Lipinski definition) is 1. The molecule has 0 unspecified atom stereocenters. The lowest BCUT2D eigenvalue weighted by Crippen LogP contribution is -2.30. The lowest BCUT2D eigenvalue weighted by atomic mass is 9.78. The summed E-state index contributed by atoms with van der Waals surface area (Å²) in [7, 11) is 1.66. The Kier molecular flexibility index (Phi) is 3.70. The minimum Gasteiger partial charge on any atom is -0.497 e. The molecule has 0 fully saturated rings. The number of amides is 1. The van der Waals surface area contributed by atoms with Crippen molar-refractivity contribution in [3.63, 3.8) is 0 Å². The molecule has 1 amide bonds. The van der Waals surface area contributed by atoms with Crippen molar-refractivity contribution in [3.05, 3.63) is 35.9 Å². The lowest BCUT2D eigenvalue weighted by Gasteiger charge is -2.26. The average molecular weight is 245 g/mol. The van der Waals surface area contributed by atoms with Crippen molar-refractivity contribution in [1.29, 1.82) is 0 Å². The number of primary amides is 1. The van der Waals surface area contributed by atoms with Gasteiger partial charge in [-0.15, -0.1) is 0 Å². The van der Waals surface area contributed by atoms with Gasteiger partial charge in [0.2, 0.25) is 5.91 Å². The van der Waals surface area contributed by atoms with E-state index >= 15 is 0 Å². The second kappa shape index (κ2) is 5.25. The first-order valence-corrected chi connectivity index (χ1v) is 6.24. The molecule has 0 spiro atoms. The first-order valence-electron chi connectivity index (χ1n) is 6.24. The molecule has 1 aromatic carbocycles. The number of carbonyl (C=O) groups is 1. The van der Waals surface area contributed by atoms with Gasteiger partial charge in [-0.3, -0.25) is 4.79 Å². The zero-order valence-corrected chi connectivity index (χ0v) is 10.8. The molecule has 1 aliphatic carbocycles. The van der Waals surface area contributed by atoms with Crippen molar-refractivity contribution in [1.82, 2.24) is 0 Å². The highest BCUT2D eigenvalue weighted by Crippen LogP contribution is 2.34. The van der Waals surface area contributed by atoms with Crippen LogP contribution in [0, 0.1) is 11.8 Å². The van der Waals surface area contributed by atoms with Gasteiger partial charge in [0.05, 0.1) is 7.11 Å². The van der Waals surface area contributed by atoms with Gasteiger partial charge in [-0.05, 0) is 42.0 Å². The van der Waals surface area contributed by atoms with Crippen LogP contribution in [0.1, 0.15) is 25.3 Å². The number of hydrogen-bond acceptors (Lipinski definition) is 2. The number of rotatable bonds is 3. The molecule has 96 valence electrons. The van der Waals surface area contributed by atoms with Crippen LogP contribution < -0.4 is 10.5 Å². The van der Waals surface area contributed by atoms with E-state index in [1.54, 1.807) is 7.11 Å². The summed E-state index contributed by atoms with van der Waals surface area (Å²) < 4.78 is 5.15. The number of benzene rings is 1. The van der Waals surface area contributed by atoms with E-state index in [9.17, 15) is 4.79 Å². The second-order valence-corrected chi connectivity index (χ2v) is 4.88. The largest absolute Gasteiger partial charge is 0.497 e. The van der Waals surface area contributed by atoms with Gasteiger partial charge in [-0.2, -0.15) is 0 Å². The fourth-order valence-electron chi connectivity index (χ4n) is 2.51. The molecule has 1 aliphatic rings. The van der Waals surface area contributed by atoms with Crippen LogP contribution in [0.25, 0.3) is 5.57 Å². The maximum Gasteiger partial charge on any atom is 0.221 e. The van der Waals surface area contributed by atoms with Gasteiger partial charge in [0.1, 0.15) is 5.75 Å². The lowest BCUT2D eigenvalue weighted by molar-refractivity contribution is -0.123. The van der Waals surface area contributed by atoms with E-state index in [2.05, 4.69) is 25.1 Å². The van der Waals surface area contributed by atoms with E-state index in [4.69, 9.17) is 10.5 Å². The molecule has 1 aromatic rings. The first kappa shape index (κ1) is 12.7. The van der Waals surface area contributed by atoms with Crippen LogP contribution in [0.5, 0.6) is 5.75 Å². The monoisotopic (exact) mass is 245 g/mol. The topological polar surface area (TPSA) is 52.3 Å². The summed E-state index contributed by atoms with van der Waals surface area (Å²) in [5.41, 5.74) is 7.89. The van der Waals surface area contributed by atoms with Crippen molar-refractivity contribution in [2.75, 3.05) is 7.11 Å². The van der Waals surface area contributed by atoms with E-state index in [1.807, 2.05) is 12.1 Å². The van der Waals surface area contributed by atoms with Crippen LogP contribution in [0.2, 0.25) is 0 Å². The number of methoxy groups -OCH3 is 1. The molecule has 2 atom stereocenters. The minimum absolute atomic E-state index is 0.0213. The Morgan fingerprint density at radius 3 is 2.50 bits per heavy atom. The Balaban J connectivity index is 2.17. The summed E-state index contributed by atoms with van der Waals surface area (Å²) in [5.74, 6) is 0.961. The quantitative estimate of drug-likeness (QED) is 0.890. The summed E-state index contributed by atoms with van der Waals surface area (Å²) in [5, 5.41) is 0. The molecule has 0 aliphatic heterocycles. The molecule has 3 nitrogen and oxygen atoms in total. The number of nitrogens with two attached hydrogens (primary N) is 1. The zero-order chi connectivity index (χ0) is 13.1. The molecule has 0 bridgehead atoms. The standard InChI is InChI=1S/C15H19NO2/c1-10-9-12(5-8-14(10)15(16)17)11-3-6-13(18-2)7-4-11/h3-7,10,14H,8-9H2,1-2H3,(H2,16,17)/t10-,14+/m1/s1. The Hall–Kier alpha value is -1.77. The number of carbonyl (C=O) groups excluding carboxylic acids is 1. The smallest absolute Gasteiger partial charge is 0.221 e. The maximum atomic E-state index is 11.3. The van der Waals surface area contributed by atoms with E-state index in [1.165, 1.54) is 11.1 Å². The Bertz CT molecular complexity index is 462. The van der Waals surface area contributed by atoms with Gasteiger partial charge in [0, 0.05) is 5.92 Å². The fraction of sp³-hybridized carbons (Fsp3) is 0.400. The van der Waals surface area contributed by atoms with Crippen molar-refractivity contribution in [2.45, 2.75) is 19.8 Å². The number of ether oxygens (including phenoxy) is 1. The maximum absolute atomic E-state index is 11.3. The number of allylic oxidation sites excluding steroid dienone is 2. The molecular weight excluding hydrogens is 226 g/mol. The summed E-state index contributed by atoms with van der Waals surface area (Å²) in [6.07, 6.45) is 3.79. The van der Waals surface area contributed by atoms with Gasteiger partial charge in [-0.1, -0.05) is 25.1 Å². The van der Waals surface area contributed by atoms with Crippen molar-refractivity contribution in [2.24, 2.45) is 17.6 Å². The minimum atomic E-state index is -0.187. The van der Waals surface area contributed by atoms with Gasteiger partial charge < -0.3 is 10.5 Å². The van der Waals surface area contributed by atoms with Crippen LogP contribution in [0.4, 0.5) is 0 Å². The van der Waals surface area contributed by atoms with Gasteiger partial charge in [0.25, 0.3) is 0 Å². The summed E-state index contributed by atoms with van der Waals surface area (Å²) >= 11 is 0. The van der Waals surface area contributed by atoms with E-state index in [0.717, 1.165) is 18.6 Å². The predicted octanol–water partition coefficient (Wildman–Crippen LogP) is 2.61. The molecular formula is C15H19NO2. The highest BCUT2D eigenvalue weighted by molar-refractivity contribution is 5.79. The van der Waals surface area contributed by atoms with Crippen LogP contribution in [-0.4, -0.2) is 13.0 Å². The highest BCUT2D eigenvalue weighted by atomic mass is 16.5. The zero-order valence-electron chi connectivity index (χ0n) is 10.8. The molecule has 0 aromatic heterocycles. The molecule has 3 heteroatoms. The first-order chi connectivity index (χ1) is 8.61. The van der Waals surface area contributed by atoms with E-state index in [0.29, 0.717) is 5.92 Å². The van der Waals surface area contributed by atoms with Crippen LogP contribution in [0.3, 0.4) is 0 Å². The Morgan fingerprint density at radius 2 is 2.00 bits per heavy atom. The van der Waals surface area contributed by atoms with Crippen molar-refractivity contribution < 1.29 is 9.53 Å². The third-order valence-electron chi connectivity index (χ3n) is 3.67. The van der Waals surface area contributed by atoms with Gasteiger partial charge >= 0.3 is 0 Å². The predicted molar refractivity (Wildman–Crippen MR) is 72.1 cm³/mol. The summed E-state index contributed by atoms with van der Waals surface area (Å²) in [4.78, 5) is 11.3. The third kappa shape index (κ3) is 2.55. The summed E-state index contributed by atoms with van der Waals surface area (Å²) in [6, 6.07) is 8.03. The average Bonchev–Trinajstić information content (AvgIpc) is 2.38. The Morgan fingerprint density at radius 1 is 1.33 bits per heavy atom. The van der Waals surface area contributed by atoms with Gasteiger partial charge in [-0.25, -0.2) is 0 Å². The van der Waals surface area contributed by atoms with Crippen LogP contribution in [0.15, 0.2) is 30.3 Å². The second-order valence-electron chi connectivity index (χ2n) is 4.88. The Labute approximate surface area is 108 Å². The molecule has 0 saturated heterocycles. The third-order valence-corrected chi connectivity index (χ3v) is 3.67. The molecule has 2 rings (SSSR count). The SMILES string of the molecule is COc1ccc(C2=CC[C@H](C(N)=O)[C@H](C)C2)cc1. The van der Waals surface area contributed by atoms with Gasteiger partial charge in [0.15, 0.2) is 0 Å². The normalized spacial score (nSPS) is 23.3. The molecule has 0 radical (unpaired) electrons. The molecule has 0 saturated carbocycles. The van der Waals surface area contributed by atoms with Crippen LogP contribution >= 0.6 is 0 Å². The van der Waals surface area contributed by atoms with Crippen molar-refractivity contribution in [3.8, 4) is 5.75 Å². The molecule has 2 N–H and O–H groups in total. The van der Waals surface area contributed by atoms with Crippen molar-refractivity contribution >= 4 is 11.5 Å². The fourth-order valence-corrected chi connectivity index (χ4v) is 2.51. The summed E-state index contributed by atoms with van der Waals surface area (Å²) in [6.45, 7) is 2.09. The molecule has 18 heavy (non-hydrogen) atoms. The van der Waals surface area contributed by atoms with Crippen LogP contribution in [-0.2, 0) is 4.79 Å². The van der Waals surface area contributed by atoms with E-state index < -0.39 is 0 Å². The highest BCUT2D eigenvalue weighted by Gasteiger charge is 2.26. The van der Waals surface area contributed by atoms with E-state index in [-0.39, 0.29) is 11.8 Å².